The highest BCUT2D eigenvalue weighted by Crippen LogP contribution is 2.25. The van der Waals surface area contributed by atoms with Crippen LogP contribution in [0.2, 0.25) is 0 Å². The van der Waals surface area contributed by atoms with Gasteiger partial charge in [-0.3, -0.25) is 4.79 Å². The number of rotatable bonds is 2. The molecule has 1 fully saturated rings. The standard InChI is InChI=1S/C14H20N2O.2C2H6/c1-11-5-3-4-6-14(11)16(12(2)17)13-7-9-15-10-8-13;2*1-2/h3-6,13,15H,7-10H2,1-2H3;2*1-2H3. The zero-order chi connectivity index (χ0) is 16.3. The minimum absolute atomic E-state index is 0.145. The highest BCUT2D eigenvalue weighted by molar-refractivity contribution is 5.92. The fourth-order valence-electron chi connectivity index (χ4n) is 2.52. The average molecular weight is 292 g/mol. The van der Waals surface area contributed by atoms with Gasteiger partial charge in [0.25, 0.3) is 0 Å². The third-order valence-electron chi connectivity index (χ3n) is 3.39. The second kappa shape index (κ2) is 11.3. The Hall–Kier alpha value is -1.35. The third kappa shape index (κ3) is 5.88. The van der Waals surface area contributed by atoms with Crippen LogP contribution in [-0.4, -0.2) is 25.0 Å². The third-order valence-corrected chi connectivity index (χ3v) is 3.39. The number of benzene rings is 1. The van der Waals surface area contributed by atoms with Gasteiger partial charge in [0.2, 0.25) is 5.91 Å². The van der Waals surface area contributed by atoms with E-state index in [1.165, 1.54) is 5.56 Å². The summed E-state index contributed by atoms with van der Waals surface area (Å²) in [5.74, 6) is 0.145. The number of para-hydroxylation sites is 1. The Kier molecular flexibility index (Phi) is 10.6. The highest BCUT2D eigenvalue weighted by Gasteiger charge is 2.25. The molecule has 0 bridgehead atoms. The van der Waals surface area contributed by atoms with E-state index in [0.29, 0.717) is 6.04 Å². The van der Waals surface area contributed by atoms with Gasteiger partial charge in [-0.05, 0) is 44.5 Å². The Morgan fingerprint density at radius 3 is 2.10 bits per heavy atom. The van der Waals surface area contributed by atoms with Crippen molar-refractivity contribution in [3.63, 3.8) is 0 Å². The lowest BCUT2D eigenvalue weighted by atomic mass is 10.0. The van der Waals surface area contributed by atoms with E-state index in [1.54, 1.807) is 6.92 Å². The molecule has 1 N–H and O–H groups in total. The number of piperidine rings is 1. The number of carbonyl (C=O) groups is 1. The minimum Gasteiger partial charge on any atom is -0.317 e. The smallest absolute Gasteiger partial charge is 0.224 e. The van der Waals surface area contributed by atoms with Crippen LogP contribution in [0.15, 0.2) is 24.3 Å². The number of anilines is 1. The molecule has 1 aliphatic rings. The van der Waals surface area contributed by atoms with E-state index in [2.05, 4.69) is 18.3 Å². The first-order valence-electron chi connectivity index (χ1n) is 8.26. The number of hydrogen-bond acceptors (Lipinski definition) is 2. The first-order chi connectivity index (χ1) is 10.2. The van der Waals surface area contributed by atoms with Gasteiger partial charge in [0.05, 0.1) is 0 Å². The summed E-state index contributed by atoms with van der Waals surface area (Å²) < 4.78 is 0. The summed E-state index contributed by atoms with van der Waals surface area (Å²) in [6, 6.07) is 8.46. The average Bonchev–Trinajstić information content (AvgIpc) is 2.54. The van der Waals surface area contributed by atoms with Crippen molar-refractivity contribution in [3.05, 3.63) is 29.8 Å². The molecule has 0 unspecified atom stereocenters. The van der Waals surface area contributed by atoms with Crippen molar-refractivity contribution in [1.82, 2.24) is 5.32 Å². The Labute approximate surface area is 130 Å². The maximum Gasteiger partial charge on any atom is 0.224 e. The van der Waals surface area contributed by atoms with Crippen molar-refractivity contribution in [2.75, 3.05) is 18.0 Å². The van der Waals surface area contributed by atoms with Crippen LogP contribution >= 0.6 is 0 Å². The molecule has 0 atom stereocenters. The first kappa shape index (κ1) is 19.7. The normalized spacial score (nSPS) is 14.2. The van der Waals surface area contributed by atoms with Gasteiger partial charge < -0.3 is 10.2 Å². The zero-order valence-electron chi connectivity index (χ0n) is 14.6. The molecule has 0 aliphatic carbocycles. The summed E-state index contributed by atoms with van der Waals surface area (Å²) in [7, 11) is 0. The summed E-state index contributed by atoms with van der Waals surface area (Å²) in [4.78, 5) is 13.9. The Morgan fingerprint density at radius 1 is 1.10 bits per heavy atom. The van der Waals surface area contributed by atoms with Gasteiger partial charge in [-0.2, -0.15) is 0 Å². The molecule has 1 heterocycles. The summed E-state index contributed by atoms with van der Waals surface area (Å²) >= 11 is 0. The van der Waals surface area contributed by atoms with Gasteiger partial charge in [0, 0.05) is 18.7 Å². The summed E-state index contributed by atoms with van der Waals surface area (Å²) in [5.41, 5.74) is 2.23. The quantitative estimate of drug-likeness (QED) is 0.888. The molecule has 1 aromatic rings. The lowest BCUT2D eigenvalue weighted by Gasteiger charge is -2.34. The molecular formula is C18H32N2O. The Bertz CT molecular complexity index is 398. The monoisotopic (exact) mass is 292 g/mol. The molecule has 21 heavy (non-hydrogen) atoms. The van der Waals surface area contributed by atoms with Crippen LogP contribution in [-0.2, 0) is 4.79 Å². The van der Waals surface area contributed by atoms with Crippen molar-refractivity contribution in [2.45, 2.75) is 60.4 Å². The van der Waals surface area contributed by atoms with Gasteiger partial charge in [-0.15, -0.1) is 0 Å². The van der Waals surface area contributed by atoms with E-state index < -0.39 is 0 Å². The summed E-state index contributed by atoms with van der Waals surface area (Å²) in [6.07, 6.45) is 2.07. The molecule has 120 valence electrons. The van der Waals surface area contributed by atoms with Crippen LogP contribution in [0.5, 0.6) is 0 Å². The molecule has 3 nitrogen and oxygen atoms in total. The van der Waals surface area contributed by atoms with Crippen molar-refractivity contribution in [1.29, 1.82) is 0 Å². The number of hydrogen-bond donors (Lipinski definition) is 1. The maximum absolute atomic E-state index is 11.9. The summed E-state index contributed by atoms with van der Waals surface area (Å²) in [6.45, 7) is 13.7. The lowest BCUT2D eigenvalue weighted by Crippen LogP contribution is -2.45. The lowest BCUT2D eigenvalue weighted by molar-refractivity contribution is -0.117. The topological polar surface area (TPSA) is 32.3 Å². The van der Waals surface area contributed by atoms with Crippen LogP contribution in [0.3, 0.4) is 0 Å². The first-order valence-corrected chi connectivity index (χ1v) is 8.26. The van der Waals surface area contributed by atoms with Crippen molar-refractivity contribution in [2.24, 2.45) is 0 Å². The molecule has 1 aromatic carbocycles. The second-order valence-corrected chi connectivity index (χ2v) is 4.66. The molecule has 0 radical (unpaired) electrons. The molecule has 0 aromatic heterocycles. The van der Waals surface area contributed by atoms with E-state index in [1.807, 2.05) is 50.8 Å². The molecular weight excluding hydrogens is 260 g/mol. The fraction of sp³-hybridized carbons (Fsp3) is 0.611. The van der Waals surface area contributed by atoms with Gasteiger partial charge in [-0.25, -0.2) is 0 Å². The number of carbonyl (C=O) groups excluding carboxylic acids is 1. The van der Waals surface area contributed by atoms with Gasteiger partial charge in [-0.1, -0.05) is 45.9 Å². The van der Waals surface area contributed by atoms with Gasteiger partial charge in [0.15, 0.2) is 0 Å². The highest BCUT2D eigenvalue weighted by atomic mass is 16.2. The number of amides is 1. The summed E-state index contributed by atoms with van der Waals surface area (Å²) in [5, 5.41) is 3.34. The predicted molar refractivity (Wildman–Crippen MR) is 92.9 cm³/mol. The zero-order valence-corrected chi connectivity index (χ0v) is 14.6. The Balaban J connectivity index is 0.000000921. The fourth-order valence-corrected chi connectivity index (χ4v) is 2.52. The van der Waals surface area contributed by atoms with E-state index in [4.69, 9.17) is 0 Å². The molecule has 1 amide bonds. The number of nitrogens with zero attached hydrogens (tertiary/aromatic N) is 1. The number of nitrogens with one attached hydrogen (secondary N) is 1. The van der Waals surface area contributed by atoms with Crippen LogP contribution in [0, 0.1) is 6.92 Å². The second-order valence-electron chi connectivity index (χ2n) is 4.66. The molecule has 3 heteroatoms. The van der Waals surface area contributed by atoms with Crippen molar-refractivity contribution >= 4 is 11.6 Å². The van der Waals surface area contributed by atoms with E-state index in [9.17, 15) is 4.79 Å². The SMILES string of the molecule is CC.CC.CC(=O)N(c1ccccc1C)C1CCNCC1. The van der Waals surface area contributed by atoms with Crippen molar-refractivity contribution < 1.29 is 4.79 Å². The van der Waals surface area contributed by atoms with Gasteiger partial charge in [0.1, 0.15) is 0 Å². The van der Waals surface area contributed by atoms with Crippen LogP contribution in [0.4, 0.5) is 5.69 Å². The minimum atomic E-state index is 0.145. The largest absolute Gasteiger partial charge is 0.317 e. The Morgan fingerprint density at radius 2 is 1.62 bits per heavy atom. The van der Waals surface area contributed by atoms with E-state index >= 15 is 0 Å². The van der Waals surface area contributed by atoms with E-state index in [-0.39, 0.29) is 5.91 Å². The molecule has 1 saturated heterocycles. The van der Waals surface area contributed by atoms with Crippen molar-refractivity contribution in [3.8, 4) is 0 Å². The molecule has 0 saturated carbocycles. The van der Waals surface area contributed by atoms with Crippen LogP contribution in [0.25, 0.3) is 0 Å². The maximum atomic E-state index is 11.9. The number of aryl methyl sites for hydroxylation is 1. The molecule has 1 aliphatic heterocycles. The molecule has 2 rings (SSSR count). The van der Waals surface area contributed by atoms with E-state index in [0.717, 1.165) is 31.6 Å². The molecule has 0 spiro atoms. The predicted octanol–water partition coefficient (Wildman–Crippen LogP) is 4.15. The van der Waals surface area contributed by atoms with Crippen LogP contribution in [0.1, 0.15) is 53.0 Å². The van der Waals surface area contributed by atoms with Crippen LogP contribution < -0.4 is 10.2 Å². The van der Waals surface area contributed by atoms with Gasteiger partial charge >= 0.3 is 0 Å².